The van der Waals surface area contributed by atoms with Gasteiger partial charge in [-0.15, -0.1) is 0 Å². The second-order valence-electron chi connectivity index (χ2n) is 8.29. The quantitative estimate of drug-likeness (QED) is 0.551. The summed E-state index contributed by atoms with van der Waals surface area (Å²) >= 11 is 6.21. The number of rotatable bonds is 9. The monoisotopic (exact) mass is 497 g/mol. The lowest BCUT2D eigenvalue weighted by Crippen LogP contribution is -2.35. The molecule has 33 heavy (non-hydrogen) atoms. The van der Waals surface area contributed by atoms with Gasteiger partial charge in [0.05, 0.1) is 13.2 Å². The molecule has 0 aromatic heterocycles. The largest absolute Gasteiger partial charge is 0.495 e. The Labute approximate surface area is 199 Å². The molecule has 1 aliphatic rings. The number of sulfonamides is 1. The first-order valence-electron chi connectivity index (χ1n) is 10.7. The van der Waals surface area contributed by atoms with Gasteiger partial charge >= 0.3 is 0 Å². The summed E-state index contributed by atoms with van der Waals surface area (Å²) in [7, 11) is 1.02. The topological polar surface area (TPSA) is 87.7 Å². The van der Waals surface area contributed by atoms with Gasteiger partial charge in [0, 0.05) is 28.7 Å². The third kappa shape index (κ3) is 6.03. The van der Waals surface area contributed by atoms with Crippen LogP contribution in [0.5, 0.6) is 5.75 Å². The highest BCUT2D eigenvalue weighted by Gasteiger charge is 2.27. The maximum atomic E-state index is 14.4. The van der Waals surface area contributed by atoms with Crippen LogP contribution in [0.3, 0.4) is 0 Å². The van der Waals surface area contributed by atoms with E-state index in [-0.39, 0.29) is 39.4 Å². The van der Waals surface area contributed by atoms with Gasteiger partial charge in [-0.25, -0.2) is 17.5 Å². The molecular formula is C23H29ClFN3O4S. The van der Waals surface area contributed by atoms with Crippen LogP contribution in [-0.2, 0) is 10.0 Å². The Morgan fingerprint density at radius 1 is 1.24 bits per heavy atom. The van der Waals surface area contributed by atoms with E-state index in [4.69, 9.17) is 16.3 Å². The predicted molar refractivity (Wildman–Crippen MR) is 126 cm³/mol. The van der Waals surface area contributed by atoms with Crippen LogP contribution >= 0.6 is 11.6 Å². The van der Waals surface area contributed by atoms with Crippen molar-refractivity contribution in [2.24, 2.45) is 0 Å². The van der Waals surface area contributed by atoms with E-state index in [0.717, 1.165) is 25.7 Å². The van der Waals surface area contributed by atoms with Crippen LogP contribution in [0.1, 0.15) is 47.6 Å². The van der Waals surface area contributed by atoms with E-state index in [1.165, 1.54) is 37.4 Å². The molecule has 1 amide bonds. The summed E-state index contributed by atoms with van der Waals surface area (Å²) < 4.78 is 48.3. The first-order valence-corrected chi connectivity index (χ1v) is 12.6. The van der Waals surface area contributed by atoms with Crippen molar-refractivity contribution in [3.05, 3.63) is 58.4 Å². The van der Waals surface area contributed by atoms with Crippen LogP contribution in [0.25, 0.3) is 0 Å². The zero-order chi connectivity index (χ0) is 24.2. The maximum absolute atomic E-state index is 14.4. The van der Waals surface area contributed by atoms with Gasteiger partial charge in [0.2, 0.25) is 10.0 Å². The van der Waals surface area contributed by atoms with Crippen LogP contribution in [0.4, 0.5) is 4.39 Å². The molecule has 1 fully saturated rings. The first kappa shape index (κ1) is 25.4. The van der Waals surface area contributed by atoms with Crippen molar-refractivity contribution in [2.45, 2.75) is 42.7 Å². The number of hydrogen-bond donors (Lipinski definition) is 2. The van der Waals surface area contributed by atoms with E-state index in [2.05, 4.69) is 10.0 Å². The van der Waals surface area contributed by atoms with Gasteiger partial charge < -0.3 is 15.0 Å². The lowest BCUT2D eigenvalue weighted by molar-refractivity contribution is 0.0941. The standard InChI is InChI=1S/C23H29ClFN3O4S/c1-28(2)19(22-17(24)9-6-10-18(22)25)14-26-23(29)15-11-12-20(32-3)21(13-15)33(30,31)27-16-7-4-5-8-16/h6,9-13,16,19,27H,4-5,7-8,14H2,1-3H3,(H,26,29)/t19-/m0/s1. The average molecular weight is 498 g/mol. The fourth-order valence-electron chi connectivity index (χ4n) is 4.02. The van der Waals surface area contributed by atoms with E-state index in [1.54, 1.807) is 25.1 Å². The molecular weight excluding hydrogens is 469 g/mol. The lowest BCUT2D eigenvalue weighted by Gasteiger charge is -2.26. The fourth-order valence-corrected chi connectivity index (χ4v) is 5.81. The summed E-state index contributed by atoms with van der Waals surface area (Å²) in [6.07, 6.45) is 3.52. The molecule has 0 saturated heterocycles. The first-order chi connectivity index (χ1) is 15.6. The van der Waals surface area contributed by atoms with Gasteiger partial charge in [-0.3, -0.25) is 4.79 Å². The number of nitrogens with zero attached hydrogens (tertiary/aromatic N) is 1. The Morgan fingerprint density at radius 3 is 2.55 bits per heavy atom. The lowest BCUT2D eigenvalue weighted by atomic mass is 10.0. The summed E-state index contributed by atoms with van der Waals surface area (Å²) in [6, 6.07) is 8.03. The molecule has 1 saturated carbocycles. The van der Waals surface area contributed by atoms with Crippen molar-refractivity contribution < 1.29 is 22.3 Å². The van der Waals surface area contributed by atoms with Crippen LogP contribution in [0.15, 0.2) is 41.3 Å². The zero-order valence-electron chi connectivity index (χ0n) is 18.9. The van der Waals surface area contributed by atoms with Crippen molar-refractivity contribution >= 4 is 27.5 Å². The number of carbonyl (C=O) groups is 1. The SMILES string of the molecule is COc1ccc(C(=O)NC[C@@H](c2c(F)cccc2Cl)N(C)C)cc1S(=O)(=O)NC1CCCC1. The van der Waals surface area contributed by atoms with Crippen molar-refractivity contribution in [2.75, 3.05) is 27.7 Å². The van der Waals surface area contributed by atoms with Crippen molar-refractivity contribution in [1.29, 1.82) is 0 Å². The summed E-state index contributed by atoms with van der Waals surface area (Å²) in [5, 5.41) is 3.02. The van der Waals surface area contributed by atoms with Crippen LogP contribution in [-0.4, -0.2) is 53.0 Å². The minimum atomic E-state index is -3.87. The number of methoxy groups -OCH3 is 1. The zero-order valence-corrected chi connectivity index (χ0v) is 20.5. The number of benzene rings is 2. The predicted octanol–water partition coefficient (Wildman–Crippen LogP) is 3.74. The van der Waals surface area contributed by atoms with Gasteiger partial charge in [-0.2, -0.15) is 0 Å². The number of nitrogens with one attached hydrogen (secondary N) is 2. The Morgan fingerprint density at radius 2 is 1.94 bits per heavy atom. The van der Waals surface area contributed by atoms with Gasteiger partial charge in [0.1, 0.15) is 16.5 Å². The number of carbonyl (C=O) groups excluding carboxylic acids is 1. The summed E-state index contributed by atoms with van der Waals surface area (Å²) in [6.45, 7) is 0.0704. The van der Waals surface area contributed by atoms with Crippen LogP contribution in [0.2, 0.25) is 5.02 Å². The molecule has 1 atom stereocenters. The average Bonchev–Trinajstić information content (AvgIpc) is 3.27. The molecule has 0 spiro atoms. The molecule has 180 valence electrons. The number of likely N-dealkylation sites (N-methyl/N-ethyl adjacent to an activating group) is 1. The van der Waals surface area contributed by atoms with Gasteiger partial charge in [0.15, 0.2) is 0 Å². The van der Waals surface area contributed by atoms with Gasteiger partial charge in [-0.1, -0.05) is 30.5 Å². The summed E-state index contributed by atoms with van der Waals surface area (Å²) in [4.78, 5) is 14.5. The van der Waals surface area contributed by atoms with Crippen LogP contribution < -0.4 is 14.8 Å². The highest BCUT2D eigenvalue weighted by molar-refractivity contribution is 7.89. The third-order valence-corrected chi connectivity index (χ3v) is 7.68. The smallest absolute Gasteiger partial charge is 0.251 e. The molecule has 3 rings (SSSR count). The second-order valence-corrected chi connectivity index (χ2v) is 10.4. The van der Waals surface area contributed by atoms with E-state index in [1.807, 2.05) is 0 Å². The molecule has 0 bridgehead atoms. The normalized spacial score (nSPS) is 15.6. The second kappa shape index (κ2) is 10.8. The van der Waals surface area contributed by atoms with Gasteiger partial charge in [0.25, 0.3) is 5.91 Å². The molecule has 7 nitrogen and oxygen atoms in total. The van der Waals surface area contributed by atoms with Crippen LogP contribution in [0, 0.1) is 5.82 Å². The summed E-state index contributed by atoms with van der Waals surface area (Å²) in [5.41, 5.74) is 0.433. The molecule has 1 aliphatic carbocycles. The summed E-state index contributed by atoms with van der Waals surface area (Å²) in [5.74, 6) is -0.804. The number of hydrogen-bond acceptors (Lipinski definition) is 5. The Balaban J connectivity index is 1.81. The van der Waals surface area contributed by atoms with Gasteiger partial charge in [-0.05, 0) is 57.3 Å². The fraction of sp³-hybridized carbons (Fsp3) is 0.435. The molecule has 2 N–H and O–H groups in total. The minimum absolute atomic E-state index is 0.0704. The molecule has 0 heterocycles. The van der Waals surface area contributed by atoms with Crippen molar-refractivity contribution in [3.63, 3.8) is 0 Å². The highest BCUT2D eigenvalue weighted by atomic mass is 35.5. The molecule has 2 aromatic rings. The van der Waals surface area contributed by atoms with E-state index in [9.17, 15) is 17.6 Å². The maximum Gasteiger partial charge on any atom is 0.251 e. The molecule has 0 aliphatic heterocycles. The Hall–Kier alpha value is -2.20. The number of amides is 1. The minimum Gasteiger partial charge on any atom is -0.495 e. The van der Waals surface area contributed by atoms with E-state index in [0.29, 0.717) is 0 Å². The Kier molecular flexibility index (Phi) is 8.33. The van der Waals surface area contributed by atoms with Crippen molar-refractivity contribution in [1.82, 2.24) is 14.9 Å². The molecule has 0 radical (unpaired) electrons. The van der Waals surface area contributed by atoms with E-state index < -0.39 is 27.8 Å². The Bertz CT molecular complexity index is 1080. The molecule has 0 unspecified atom stereocenters. The van der Waals surface area contributed by atoms with Crippen molar-refractivity contribution in [3.8, 4) is 5.75 Å². The van der Waals surface area contributed by atoms with E-state index >= 15 is 0 Å². The third-order valence-electron chi connectivity index (χ3n) is 5.80. The number of halogens is 2. The molecule has 2 aromatic carbocycles. The number of ether oxygens (including phenoxy) is 1. The highest BCUT2D eigenvalue weighted by Crippen LogP contribution is 2.29. The molecule has 10 heteroatoms.